The summed E-state index contributed by atoms with van der Waals surface area (Å²) < 4.78 is 6.11. The van der Waals surface area contributed by atoms with E-state index < -0.39 is 0 Å². The largest absolute Gasteiger partial charge is 0.375 e. The van der Waals surface area contributed by atoms with Crippen molar-refractivity contribution in [3.8, 4) is 0 Å². The van der Waals surface area contributed by atoms with E-state index in [2.05, 4.69) is 41.5 Å². The van der Waals surface area contributed by atoms with Gasteiger partial charge in [-0.25, -0.2) is 0 Å². The van der Waals surface area contributed by atoms with E-state index in [9.17, 15) is 0 Å². The van der Waals surface area contributed by atoms with Crippen molar-refractivity contribution >= 4 is 0 Å². The zero-order valence-corrected chi connectivity index (χ0v) is 12.0. The molecule has 16 heavy (non-hydrogen) atoms. The van der Waals surface area contributed by atoms with Gasteiger partial charge in [0.1, 0.15) is 0 Å². The van der Waals surface area contributed by atoms with Crippen molar-refractivity contribution in [3.05, 3.63) is 0 Å². The molecule has 0 radical (unpaired) electrons. The Labute approximate surface area is 102 Å². The molecule has 0 aromatic rings. The molecule has 96 valence electrons. The summed E-state index contributed by atoms with van der Waals surface area (Å²) in [7, 11) is 0. The molecule has 1 fully saturated rings. The lowest BCUT2D eigenvalue weighted by Crippen LogP contribution is -2.32. The maximum atomic E-state index is 6.11. The van der Waals surface area contributed by atoms with Crippen LogP contribution >= 0.6 is 0 Å². The summed E-state index contributed by atoms with van der Waals surface area (Å²) in [6.45, 7) is 13.8. The van der Waals surface area contributed by atoms with Crippen LogP contribution in [-0.4, -0.2) is 12.2 Å². The van der Waals surface area contributed by atoms with E-state index in [0.717, 1.165) is 5.92 Å². The fourth-order valence-electron chi connectivity index (χ4n) is 2.53. The van der Waals surface area contributed by atoms with E-state index in [1.165, 1.54) is 25.7 Å². The fraction of sp³-hybridized carbons (Fsp3) is 1.00. The Morgan fingerprint density at radius 3 is 1.81 bits per heavy atom. The third kappa shape index (κ3) is 4.08. The lowest BCUT2D eigenvalue weighted by Gasteiger charge is -2.38. The first-order chi connectivity index (χ1) is 7.30. The van der Waals surface area contributed by atoms with Gasteiger partial charge < -0.3 is 4.74 Å². The first-order valence-corrected chi connectivity index (χ1v) is 6.96. The molecule has 0 N–H and O–H groups in total. The highest BCUT2D eigenvalue weighted by Gasteiger charge is 2.30. The van der Waals surface area contributed by atoms with Gasteiger partial charge in [0.15, 0.2) is 0 Å². The van der Waals surface area contributed by atoms with Gasteiger partial charge >= 0.3 is 0 Å². The highest BCUT2D eigenvalue weighted by Crippen LogP contribution is 2.38. The van der Waals surface area contributed by atoms with Crippen LogP contribution in [0.4, 0.5) is 0 Å². The third-order valence-electron chi connectivity index (χ3n) is 4.24. The predicted octanol–water partition coefficient (Wildman–Crippen LogP) is 4.65. The molecule has 1 heteroatoms. The van der Waals surface area contributed by atoms with Crippen molar-refractivity contribution in [1.29, 1.82) is 0 Å². The maximum absolute atomic E-state index is 6.11. The Bertz CT molecular complexity index is 194. The summed E-state index contributed by atoms with van der Waals surface area (Å²) >= 11 is 0. The van der Waals surface area contributed by atoms with Crippen LogP contribution in [0.15, 0.2) is 0 Å². The first-order valence-electron chi connectivity index (χ1n) is 6.96. The topological polar surface area (TPSA) is 9.23 Å². The van der Waals surface area contributed by atoms with Gasteiger partial charge in [-0.2, -0.15) is 0 Å². The van der Waals surface area contributed by atoms with Crippen LogP contribution in [0.5, 0.6) is 0 Å². The Morgan fingerprint density at radius 1 is 0.938 bits per heavy atom. The summed E-state index contributed by atoms with van der Waals surface area (Å²) in [4.78, 5) is 0. The van der Waals surface area contributed by atoms with Gasteiger partial charge in [0.2, 0.25) is 0 Å². The molecule has 1 aliphatic carbocycles. The first kappa shape index (κ1) is 14.0. The Kier molecular flexibility index (Phi) is 4.85. The molecule has 0 aromatic carbocycles. The standard InChI is InChI=1S/C15H30O/c1-11(2)12(3)16-14-9-7-13(8-10-14)15(4,5)6/h11-14H,7-10H2,1-6H3/t12?,13-,14-. The second kappa shape index (κ2) is 5.53. The molecular formula is C15H30O. The number of hydrogen-bond acceptors (Lipinski definition) is 1. The van der Waals surface area contributed by atoms with Crippen molar-refractivity contribution in [1.82, 2.24) is 0 Å². The van der Waals surface area contributed by atoms with E-state index in [0.29, 0.717) is 23.5 Å². The monoisotopic (exact) mass is 226 g/mol. The number of hydrogen-bond donors (Lipinski definition) is 0. The lowest BCUT2D eigenvalue weighted by molar-refractivity contribution is -0.0541. The van der Waals surface area contributed by atoms with Crippen LogP contribution in [0, 0.1) is 17.3 Å². The molecule has 0 amide bonds. The van der Waals surface area contributed by atoms with Crippen molar-refractivity contribution in [2.75, 3.05) is 0 Å². The van der Waals surface area contributed by atoms with Crippen LogP contribution in [0.1, 0.15) is 67.2 Å². The molecule has 0 aromatic heterocycles. The average molecular weight is 226 g/mol. The average Bonchev–Trinajstić information content (AvgIpc) is 2.17. The number of ether oxygens (including phenoxy) is 1. The Hall–Kier alpha value is -0.0400. The smallest absolute Gasteiger partial charge is 0.0579 e. The van der Waals surface area contributed by atoms with E-state index in [4.69, 9.17) is 4.74 Å². The fourth-order valence-corrected chi connectivity index (χ4v) is 2.53. The van der Waals surface area contributed by atoms with Crippen molar-refractivity contribution in [2.45, 2.75) is 79.4 Å². The van der Waals surface area contributed by atoms with Crippen LogP contribution in [0.3, 0.4) is 0 Å². The molecule has 1 aliphatic rings. The van der Waals surface area contributed by atoms with Gasteiger partial charge in [-0.05, 0) is 49.9 Å². The van der Waals surface area contributed by atoms with E-state index in [1.54, 1.807) is 0 Å². The van der Waals surface area contributed by atoms with E-state index in [-0.39, 0.29) is 0 Å². The van der Waals surface area contributed by atoms with Crippen LogP contribution < -0.4 is 0 Å². The highest BCUT2D eigenvalue weighted by atomic mass is 16.5. The Balaban J connectivity index is 2.32. The van der Waals surface area contributed by atoms with E-state index >= 15 is 0 Å². The summed E-state index contributed by atoms with van der Waals surface area (Å²) in [6, 6.07) is 0. The lowest BCUT2D eigenvalue weighted by atomic mass is 9.72. The summed E-state index contributed by atoms with van der Waals surface area (Å²) in [6.07, 6.45) is 6.16. The van der Waals surface area contributed by atoms with E-state index in [1.807, 2.05) is 0 Å². The molecule has 1 nitrogen and oxygen atoms in total. The van der Waals surface area contributed by atoms with Crippen LogP contribution in [0.2, 0.25) is 0 Å². The molecule has 0 heterocycles. The van der Waals surface area contributed by atoms with Crippen molar-refractivity contribution in [3.63, 3.8) is 0 Å². The second-order valence-corrected chi connectivity index (χ2v) is 6.92. The maximum Gasteiger partial charge on any atom is 0.0579 e. The summed E-state index contributed by atoms with van der Waals surface area (Å²) in [5.41, 5.74) is 0.481. The molecular weight excluding hydrogens is 196 g/mol. The molecule has 1 unspecified atom stereocenters. The molecule has 1 rings (SSSR count). The molecule has 0 bridgehead atoms. The third-order valence-corrected chi connectivity index (χ3v) is 4.24. The van der Waals surface area contributed by atoms with Gasteiger partial charge in [0.25, 0.3) is 0 Å². The van der Waals surface area contributed by atoms with Gasteiger partial charge in [-0.1, -0.05) is 34.6 Å². The van der Waals surface area contributed by atoms with Gasteiger partial charge in [0.05, 0.1) is 12.2 Å². The summed E-state index contributed by atoms with van der Waals surface area (Å²) in [5.74, 6) is 1.53. The van der Waals surface area contributed by atoms with Gasteiger partial charge in [-0.3, -0.25) is 0 Å². The molecule has 0 saturated heterocycles. The second-order valence-electron chi connectivity index (χ2n) is 6.92. The number of rotatable bonds is 3. The Morgan fingerprint density at radius 2 is 1.44 bits per heavy atom. The zero-order valence-electron chi connectivity index (χ0n) is 12.0. The minimum absolute atomic E-state index is 0.413. The minimum Gasteiger partial charge on any atom is -0.375 e. The van der Waals surface area contributed by atoms with Crippen molar-refractivity contribution < 1.29 is 4.74 Å². The SMILES string of the molecule is CC(C)C(C)O[C@H]1CC[C@H](C(C)(C)C)CC1. The zero-order chi connectivity index (χ0) is 12.3. The van der Waals surface area contributed by atoms with Gasteiger partial charge in [0, 0.05) is 0 Å². The van der Waals surface area contributed by atoms with Crippen molar-refractivity contribution in [2.24, 2.45) is 17.3 Å². The summed E-state index contributed by atoms with van der Waals surface area (Å²) in [5, 5.41) is 0. The highest BCUT2D eigenvalue weighted by molar-refractivity contribution is 4.81. The minimum atomic E-state index is 0.413. The predicted molar refractivity (Wildman–Crippen MR) is 70.6 cm³/mol. The molecule has 0 aliphatic heterocycles. The van der Waals surface area contributed by atoms with Gasteiger partial charge in [-0.15, -0.1) is 0 Å². The van der Waals surface area contributed by atoms with Crippen LogP contribution in [0.25, 0.3) is 0 Å². The molecule has 1 saturated carbocycles. The van der Waals surface area contributed by atoms with Crippen LogP contribution in [-0.2, 0) is 4.74 Å². The normalized spacial score (nSPS) is 29.4. The molecule has 1 atom stereocenters. The quantitative estimate of drug-likeness (QED) is 0.680. The molecule has 0 spiro atoms.